The summed E-state index contributed by atoms with van der Waals surface area (Å²) in [5, 5.41) is 4.83. The number of amides is 1. The molecule has 4 N–H and O–H groups in total. The molecular weight excluding hydrogens is 308 g/mol. The van der Waals surface area contributed by atoms with Gasteiger partial charge >= 0.3 is 0 Å². The van der Waals surface area contributed by atoms with Crippen LogP contribution in [0, 0.1) is 0 Å². The molecule has 1 aromatic heterocycles. The maximum Gasteiger partial charge on any atom is 0.242 e. The molecule has 0 bridgehead atoms. The lowest BCUT2D eigenvalue weighted by Gasteiger charge is -2.24. The van der Waals surface area contributed by atoms with Crippen molar-refractivity contribution in [3.05, 3.63) is 36.0 Å². The van der Waals surface area contributed by atoms with Gasteiger partial charge in [-0.05, 0) is 36.7 Å². The van der Waals surface area contributed by atoms with E-state index < -0.39 is 0 Å². The fourth-order valence-electron chi connectivity index (χ4n) is 3.09. The molecule has 1 fully saturated rings. The smallest absolute Gasteiger partial charge is 0.242 e. The lowest BCUT2D eigenvalue weighted by molar-refractivity contribution is -0.121. The van der Waals surface area contributed by atoms with E-state index in [1.54, 1.807) is 0 Å². The van der Waals surface area contributed by atoms with Gasteiger partial charge in [-0.15, -0.1) is 0 Å². The number of hydrogen-bond acceptors (Lipinski definition) is 2. The second kappa shape index (κ2) is 7.46. The number of para-hydroxylation sites is 1. The highest BCUT2D eigenvalue weighted by atomic mass is 32.1. The van der Waals surface area contributed by atoms with E-state index in [0.717, 1.165) is 29.3 Å². The number of H-pyrrole nitrogens is 1. The fraction of sp³-hybridized carbons (Fsp3) is 0.412. The first-order chi connectivity index (χ1) is 11.2. The molecule has 1 saturated carbocycles. The highest BCUT2D eigenvalue weighted by molar-refractivity contribution is 7.80. The molecule has 1 aromatic carbocycles. The van der Waals surface area contributed by atoms with Crippen molar-refractivity contribution in [3.8, 4) is 0 Å². The van der Waals surface area contributed by atoms with Crippen LogP contribution in [0.1, 0.15) is 37.7 Å². The van der Waals surface area contributed by atoms with E-state index in [0.29, 0.717) is 17.6 Å². The summed E-state index contributed by atoms with van der Waals surface area (Å²) in [7, 11) is 0. The molecule has 0 aliphatic heterocycles. The topological polar surface area (TPSA) is 69.0 Å². The molecule has 0 radical (unpaired) electrons. The number of hydrogen-bond donors (Lipinski definition) is 4. The predicted molar refractivity (Wildman–Crippen MR) is 95.9 cm³/mol. The Balaban J connectivity index is 1.46. The third-order valence-corrected chi connectivity index (χ3v) is 4.50. The third-order valence-electron chi connectivity index (χ3n) is 4.28. The van der Waals surface area contributed by atoms with Gasteiger partial charge in [0.15, 0.2) is 5.11 Å². The van der Waals surface area contributed by atoms with Gasteiger partial charge in [0.25, 0.3) is 0 Å². The van der Waals surface area contributed by atoms with Gasteiger partial charge in [-0.25, -0.2) is 0 Å². The number of thiocarbonyl (C=S) groups is 1. The third kappa shape index (κ3) is 4.22. The Kier molecular flexibility index (Phi) is 5.12. The second-order valence-corrected chi connectivity index (χ2v) is 6.43. The summed E-state index contributed by atoms with van der Waals surface area (Å²) in [6.07, 6.45) is 8.27. The summed E-state index contributed by atoms with van der Waals surface area (Å²) in [6, 6.07) is 8.38. The summed E-state index contributed by atoms with van der Waals surface area (Å²) in [6.45, 7) is 0. The van der Waals surface area contributed by atoms with Crippen molar-refractivity contribution in [2.45, 2.75) is 44.6 Å². The first-order valence-corrected chi connectivity index (χ1v) is 8.53. The SMILES string of the molecule is O=C(Cc1c[nH]c2ccccc12)NNC(=S)NC1CCCCC1. The van der Waals surface area contributed by atoms with E-state index in [1.807, 2.05) is 30.5 Å². The number of rotatable bonds is 3. The van der Waals surface area contributed by atoms with Gasteiger partial charge in [0, 0.05) is 23.1 Å². The summed E-state index contributed by atoms with van der Waals surface area (Å²) in [5.41, 5.74) is 7.49. The monoisotopic (exact) mass is 330 g/mol. The van der Waals surface area contributed by atoms with Gasteiger partial charge in [-0.3, -0.25) is 15.6 Å². The van der Waals surface area contributed by atoms with Crippen molar-refractivity contribution >= 4 is 34.1 Å². The first kappa shape index (κ1) is 15.8. The highest BCUT2D eigenvalue weighted by Gasteiger charge is 2.14. The second-order valence-electron chi connectivity index (χ2n) is 6.02. The van der Waals surface area contributed by atoms with E-state index in [1.165, 1.54) is 19.3 Å². The number of carbonyl (C=O) groups excluding carboxylic acids is 1. The average molecular weight is 330 g/mol. The van der Waals surface area contributed by atoms with E-state index in [4.69, 9.17) is 12.2 Å². The van der Waals surface area contributed by atoms with Crippen LogP contribution in [-0.4, -0.2) is 22.0 Å². The number of fused-ring (bicyclic) bond motifs is 1. The van der Waals surface area contributed by atoms with Gasteiger partial charge in [-0.2, -0.15) is 0 Å². The van der Waals surface area contributed by atoms with Crippen LogP contribution in [0.25, 0.3) is 10.9 Å². The highest BCUT2D eigenvalue weighted by Crippen LogP contribution is 2.18. The first-order valence-electron chi connectivity index (χ1n) is 8.13. The number of aromatic nitrogens is 1. The molecule has 0 unspecified atom stereocenters. The molecule has 1 amide bonds. The van der Waals surface area contributed by atoms with Crippen LogP contribution in [0.15, 0.2) is 30.5 Å². The molecule has 122 valence electrons. The van der Waals surface area contributed by atoms with Gasteiger partial charge in [0.1, 0.15) is 0 Å². The zero-order valence-electron chi connectivity index (χ0n) is 13.0. The van der Waals surface area contributed by atoms with Crippen molar-refractivity contribution in [1.82, 2.24) is 21.2 Å². The molecule has 0 spiro atoms. The van der Waals surface area contributed by atoms with Crippen LogP contribution in [0.5, 0.6) is 0 Å². The van der Waals surface area contributed by atoms with Crippen LogP contribution in [-0.2, 0) is 11.2 Å². The van der Waals surface area contributed by atoms with Crippen LogP contribution in [0.4, 0.5) is 0 Å². The molecule has 0 atom stereocenters. The molecule has 2 aromatic rings. The van der Waals surface area contributed by atoms with Gasteiger partial charge < -0.3 is 10.3 Å². The normalized spacial score (nSPS) is 15.3. The number of benzene rings is 1. The molecule has 1 aliphatic rings. The molecule has 0 saturated heterocycles. The van der Waals surface area contributed by atoms with Crippen LogP contribution in [0.3, 0.4) is 0 Å². The maximum atomic E-state index is 12.1. The molecule has 3 rings (SSSR count). The van der Waals surface area contributed by atoms with Crippen molar-refractivity contribution in [1.29, 1.82) is 0 Å². The zero-order valence-corrected chi connectivity index (χ0v) is 13.8. The maximum absolute atomic E-state index is 12.1. The van der Waals surface area contributed by atoms with Crippen LogP contribution < -0.4 is 16.2 Å². The molecule has 6 heteroatoms. The Morgan fingerprint density at radius 2 is 1.96 bits per heavy atom. The number of aromatic amines is 1. The Hall–Kier alpha value is -2.08. The van der Waals surface area contributed by atoms with E-state index >= 15 is 0 Å². The predicted octanol–water partition coefficient (Wildman–Crippen LogP) is 2.54. The van der Waals surface area contributed by atoms with Gasteiger partial charge in [0.05, 0.1) is 6.42 Å². The summed E-state index contributed by atoms with van der Waals surface area (Å²) < 4.78 is 0. The Bertz CT molecular complexity index is 691. The van der Waals surface area contributed by atoms with Crippen LogP contribution >= 0.6 is 12.2 Å². The Morgan fingerprint density at radius 1 is 1.17 bits per heavy atom. The molecular formula is C17H22N4OS. The minimum Gasteiger partial charge on any atom is -0.361 e. The minimum atomic E-state index is -0.109. The van der Waals surface area contributed by atoms with Crippen molar-refractivity contribution in [3.63, 3.8) is 0 Å². The van der Waals surface area contributed by atoms with Gasteiger partial charge in [-0.1, -0.05) is 37.5 Å². The number of hydrazine groups is 1. The Labute approximate surface area is 141 Å². The quantitative estimate of drug-likeness (QED) is 0.516. The zero-order chi connectivity index (χ0) is 16.1. The lowest BCUT2D eigenvalue weighted by atomic mass is 9.96. The standard InChI is InChI=1S/C17H22N4OS/c22-16(10-12-11-18-15-9-5-4-8-14(12)15)20-21-17(23)19-13-6-2-1-3-7-13/h4-5,8-9,11,13,18H,1-3,6-7,10H2,(H,20,22)(H2,19,21,23). The molecule has 23 heavy (non-hydrogen) atoms. The van der Waals surface area contributed by atoms with Gasteiger partial charge in [0.2, 0.25) is 5.91 Å². The van der Waals surface area contributed by atoms with Crippen LogP contribution in [0.2, 0.25) is 0 Å². The van der Waals surface area contributed by atoms with Crippen molar-refractivity contribution in [2.24, 2.45) is 0 Å². The van der Waals surface area contributed by atoms with E-state index in [2.05, 4.69) is 21.2 Å². The van der Waals surface area contributed by atoms with Crippen molar-refractivity contribution in [2.75, 3.05) is 0 Å². The largest absolute Gasteiger partial charge is 0.361 e. The fourth-order valence-corrected chi connectivity index (χ4v) is 3.31. The molecule has 5 nitrogen and oxygen atoms in total. The van der Waals surface area contributed by atoms with E-state index in [9.17, 15) is 4.79 Å². The number of nitrogens with one attached hydrogen (secondary N) is 4. The summed E-state index contributed by atoms with van der Waals surface area (Å²) in [5.74, 6) is -0.109. The summed E-state index contributed by atoms with van der Waals surface area (Å²) in [4.78, 5) is 15.2. The molecule has 1 heterocycles. The lowest BCUT2D eigenvalue weighted by Crippen LogP contribution is -2.50. The van der Waals surface area contributed by atoms with Crippen molar-refractivity contribution < 1.29 is 4.79 Å². The number of carbonyl (C=O) groups is 1. The average Bonchev–Trinajstić information content (AvgIpc) is 2.97. The van der Waals surface area contributed by atoms with E-state index in [-0.39, 0.29) is 5.91 Å². The summed E-state index contributed by atoms with van der Waals surface area (Å²) >= 11 is 5.24. The Morgan fingerprint density at radius 3 is 2.78 bits per heavy atom. The molecule has 1 aliphatic carbocycles. The minimum absolute atomic E-state index is 0.109.